The Balaban J connectivity index is 1.72. The Morgan fingerprint density at radius 3 is 2.91 bits per heavy atom. The standard InChI is InChI=1S/C15H22N6O2/c1-3-11-5-12(17-16-11)7-21-6-10(4-15(22)23)13(8-21)14-9-20(2)19-18-14/h5,9-10,13H,3-4,6-8H2,1-2H3,(H,16,17)(H,22,23)/t10-,13+/m0/s1. The van der Waals surface area contributed by atoms with E-state index in [1.165, 1.54) is 0 Å². The number of nitrogens with zero attached hydrogens (tertiary/aromatic N) is 5. The van der Waals surface area contributed by atoms with Crippen LogP contribution in [0.2, 0.25) is 0 Å². The molecule has 1 saturated heterocycles. The zero-order valence-corrected chi connectivity index (χ0v) is 13.4. The van der Waals surface area contributed by atoms with E-state index in [0.29, 0.717) is 0 Å². The quantitative estimate of drug-likeness (QED) is 0.817. The number of likely N-dealkylation sites (tertiary alicyclic amines) is 1. The van der Waals surface area contributed by atoms with Crippen molar-refractivity contribution in [3.63, 3.8) is 0 Å². The van der Waals surface area contributed by atoms with Gasteiger partial charge in [0.2, 0.25) is 0 Å². The normalized spacial score (nSPS) is 21.8. The molecule has 2 atom stereocenters. The summed E-state index contributed by atoms with van der Waals surface area (Å²) >= 11 is 0. The summed E-state index contributed by atoms with van der Waals surface area (Å²) in [6.07, 6.45) is 2.94. The van der Waals surface area contributed by atoms with Crippen molar-refractivity contribution >= 4 is 5.97 Å². The highest BCUT2D eigenvalue weighted by molar-refractivity contribution is 5.67. The van der Waals surface area contributed by atoms with Gasteiger partial charge in [0.25, 0.3) is 0 Å². The number of H-pyrrole nitrogens is 1. The maximum absolute atomic E-state index is 11.2. The lowest BCUT2D eigenvalue weighted by Crippen LogP contribution is -2.21. The largest absolute Gasteiger partial charge is 0.481 e. The van der Waals surface area contributed by atoms with E-state index in [0.717, 1.165) is 43.1 Å². The fourth-order valence-corrected chi connectivity index (χ4v) is 3.30. The number of aromatic nitrogens is 5. The van der Waals surface area contributed by atoms with Crippen LogP contribution in [0.5, 0.6) is 0 Å². The highest BCUT2D eigenvalue weighted by atomic mass is 16.4. The van der Waals surface area contributed by atoms with Crippen LogP contribution >= 0.6 is 0 Å². The van der Waals surface area contributed by atoms with Crippen LogP contribution in [0.4, 0.5) is 0 Å². The van der Waals surface area contributed by atoms with Gasteiger partial charge >= 0.3 is 5.97 Å². The fourth-order valence-electron chi connectivity index (χ4n) is 3.30. The summed E-state index contributed by atoms with van der Waals surface area (Å²) in [6.45, 7) is 4.35. The maximum atomic E-state index is 11.2. The number of hydrogen-bond acceptors (Lipinski definition) is 5. The molecular weight excluding hydrogens is 296 g/mol. The summed E-state index contributed by atoms with van der Waals surface area (Å²) in [7, 11) is 1.83. The first-order chi connectivity index (χ1) is 11.0. The third kappa shape index (κ3) is 3.58. The molecular formula is C15H22N6O2. The third-order valence-corrected chi connectivity index (χ3v) is 4.39. The molecule has 8 nitrogen and oxygen atoms in total. The van der Waals surface area contributed by atoms with Gasteiger partial charge in [-0.2, -0.15) is 5.10 Å². The number of nitrogens with one attached hydrogen (secondary N) is 1. The van der Waals surface area contributed by atoms with Gasteiger partial charge in [0.05, 0.1) is 17.8 Å². The van der Waals surface area contributed by atoms with E-state index in [4.69, 9.17) is 0 Å². The second kappa shape index (κ2) is 6.49. The molecule has 2 aromatic heterocycles. The molecule has 8 heteroatoms. The van der Waals surface area contributed by atoms with Gasteiger partial charge in [0.15, 0.2) is 0 Å². The van der Waals surface area contributed by atoms with Gasteiger partial charge in [-0.3, -0.25) is 19.5 Å². The van der Waals surface area contributed by atoms with Gasteiger partial charge in [-0.15, -0.1) is 5.10 Å². The number of carboxylic acid groups (broad SMARTS) is 1. The SMILES string of the molecule is CCc1cc(CN2C[C@H](CC(=O)O)[C@H](c3cn(C)nn3)C2)[nH]n1. The number of aromatic amines is 1. The van der Waals surface area contributed by atoms with Crippen LogP contribution in [0.3, 0.4) is 0 Å². The summed E-state index contributed by atoms with van der Waals surface area (Å²) in [6, 6.07) is 2.07. The summed E-state index contributed by atoms with van der Waals surface area (Å²) in [5, 5.41) is 24.7. The van der Waals surface area contributed by atoms with Gasteiger partial charge in [-0.05, 0) is 18.4 Å². The maximum Gasteiger partial charge on any atom is 0.303 e. The smallest absolute Gasteiger partial charge is 0.303 e. The first-order valence-corrected chi connectivity index (χ1v) is 7.88. The van der Waals surface area contributed by atoms with Gasteiger partial charge in [0.1, 0.15) is 0 Å². The highest BCUT2D eigenvalue weighted by Crippen LogP contribution is 2.34. The van der Waals surface area contributed by atoms with Gasteiger partial charge in [-0.1, -0.05) is 12.1 Å². The predicted molar refractivity (Wildman–Crippen MR) is 82.7 cm³/mol. The van der Waals surface area contributed by atoms with Crippen molar-refractivity contribution in [3.05, 3.63) is 29.3 Å². The number of rotatable bonds is 6. The first kappa shape index (κ1) is 15.7. The Hall–Kier alpha value is -2.22. The number of hydrogen-bond donors (Lipinski definition) is 2. The van der Waals surface area contributed by atoms with Gasteiger partial charge < -0.3 is 5.11 Å². The molecule has 0 aromatic carbocycles. The van der Waals surface area contributed by atoms with E-state index in [1.54, 1.807) is 4.68 Å². The molecule has 1 aliphatic heterocycles. The molecule has 0 radical (unpaired) electrons. The molecule has 2 N–H and O–H groups in total. The average molecular weight is 318 g/mol. The second-order valence-corrected chi connectivity index (χ2v) is 6.21. The molecule has 1 fully saturated rings. The number of carbonyl (C=O) groups is 1. The van der Waals surface area contributed by atoms with Gasteiger partial charge in [0, 0.05) is 44.5 Å². The van der Waals surface area contributed by atoms with Crippen LogP contribution < -0.4 is 0 Å². The fraction of sp³-hybridized carbons (Fsp3) is 0.600. The van der Waals surface area contributed by atoms with Crippen molar-refractivity contribution in [3.8, 4) is 0 Å². The van der Waals surface area contributed by atoms with Crippen molar-refractivity contribution in [1.29, 1.82) is 0 Å². The van der Waals surface area contributed by atoms with Crippen molar-refractivity contribution in [2.75, 3.05) is 13.1 Å². The Morgan fingerprint density at radius 2 is 2.30 bits per heavy atom. The molecule has 0 amide bonds. The zero-order chi connectivity index (χ0) is 16.4. The molecule has 124 valence electrons. The Bertz CT molecular complexity index is 679. The Morgan fingerprint density at radius 1 is 1.48 bits per heavy atom. The minimum Gasteiger partial charge on any atom is -0.481 e. The van der Waals surface area contributed by atoms with E-state index in [9.17, 15) is 9.90 Å². The minimum atomic E-state index is -0.763. The molecule has 1 aliphatic rings. The zero-order valence-electron chi connectivity index (χ0n) is 13.4. The molecule has 0 aliphatic carbocycles. The van der Waals surface area contributed by atoms with Crippen molar-refractivity contribution in [2.24, 2.45) is 13.0 Å². The first-order valence-electron chi connectivity index (χ1n) is 7.88. The van der Waals surface area contributed by atoms with Crippen LogP contribution in [-0.4, -0.2) is 54.3 Å². The lowest BCUT2D eigenvalue weighted by atomic mass is 9.91. The topological polar surface area (TPSA) is 99.9 Å². The van der Waals surface area contributed by atoms with Crippen molar-refractivity contribution < 1.29 is 9.90 Å². The van der Waals surface area contributed by atoms with E-state index in [1.807, 2.05) is 13.2 Å². The summed E-state index contributed by atoms with van der Waals surface area (Å²) in [5.41, 5.74) is 2.99. The summed E-state index contributed by atoms with van der Waals surface area (Å²) in [5.74, 6) is -0.605. The van der Waals surface area contributed by atoms with Gasteiger partial charge in [-0.25, -0.2) is 0 Å². The molecule has 0 bridgehead atoms. The van der Waals surface area contributed by atoms with Crippen molar-refractivity contribution in [2.45, 2.75) is 32.2 Å². The Kier molecular flexibility index (Phi) is 4.42. The summed E-state index contributed by atoms with van der Waals surface area (Å²) < 4.78 is 1.66. The molecule has 0 saturated carbocycles. The molecule has 3 heterocycles. The van der Waals surface area contributed by atoms with Crippen LogP contribution in [0, 0.1) is 5.92 Å². The predicted octanol–water partition coefficient (Wildman–Crippen LogP) is 0.791. The number of aryl methyl sites for hydroxylation is 2. The molecule has 23 heavy (non-hydrogen) atoms. The Labute approximate surface area is 134 Å². The molecule has 0 spiro atoms. The van der Waals surface area contributed by atoms with E-state index >= 15 is 0 Å². The van der Waals surface area contributed by atoms with Crippen LogP contribution in [0.25, 0.3) is 0 Å². The molecule has 2 aromatic rings. The van der Waals surface area contributed by atoms with Crippen LogP contribution in [0.1, 0.15) is 36.3 Å². The van der Waals surface area contributed by atoms with E-state index in [2.05, 4.69) is 38.4 Å². The molecule has 0 unspecified atom stereocenters. The lowest BCUT2D eigenvalue weighted by Gasteiger charge is -2.13. The average Bonchev–Trinajstić information content (AvgIpc) is 3.19. The highest BCUT2D eigenvalue weighted by Gasteiger charge is 2.36. The third-order valence-electron chi connectivity index (χ3n) is 4.39. The van der Waals surface area contributed by atoms with Crippen molar-refractivity contribution in [1.82, 2.24) is 30.1 Å². The van der Waals surface area contributed by atoms with Crippen LogP contribution in [0.15, 0.2) is 12.3 Å². The second-order valence-electron chi connectivity index (χ2n) is 6.21. The number of aliphatic carboxylic acids is 1. The minimum absolute atomic E-state index is 0.0535. The lowest BCUT2D eigenvalue weighted by molar-refractivity contribution is -0.138. The monoisotopic (exact) mass is 318 g/mol. The number of carboxylic acids is 1. The van der Waals surface area contributed by atoms with E-state index in [-0.39, 0.29) is 18.3 Å². The van der Waals surface area contributed by atoms with Crippen LogP contribution in [-0.2, 0) is 24.8 Å². The molecule has 3 rings (SSSR count). The summed E-state index contributed by atoms with van der Waals surface area (Å²) in [4.78, 5) is 13.4. The van der Waals surface area contributed by atoms with E-state index < -0.39 is 5.97 Å².